The van der Waals surface area contributed by atoms with Gasteiger partial charge in [0.25, 0.3) is 5.91 Å². The fourth-order valence-electron chi connectivity index (χ4n) is 2.05. The third-order valence-electron chi connectivity index (χ3n) is 3.44. The van der Waals surface area contributed by atoms with Crippen molar-refractivity contribution in [3.8, 4) is 5.75 Å². The normalized spacial score (nSPS) is 11.9. The highest BCUT2D eigenvalue weighted by atomic mass is 19.1. The molecule has 0 aliphatic rings. The first-order chi connectivity index (χ1) is 12.8. The summed E-state index contributed by atoms with van der Waals surface area (Å²) in [6.07, 6.45) is 1.03. The number of amides is 1. The molecular formula is C19H16F3NO4. The van der Waals surface area contributed by atoms with Gasteiger partial charge in [-0.1, -0.05) is 6.07 Å². The Kier molecular flexibility index (Phi) is 6.59. The van der Waals surface area contributed by atoms with Crippen LogP contribution < -0.4 is 10.1 Å². The lowest BCUT2D eigenvalue weighted by Gasteiger charge is -2.13. The van der Waals surface area contributed by atoms with Crippen molar-refractivity contribution in [3.05, 3.63) is 65.5 Å². The fraction of sp³-hybridized carbons (Fsp3) is 0.158. The number of halogens is 3. The second kappa shape index (κ2) is 8.88. The number of ether oxygens (including phenoxy) is 2. The number of esters is 1. The molecule has 1 amide bonds. The van der Waals surface area contributed by atoms with Crippen LogP contribution in [0.15, 0.2) is 42.5 Å². The van der Waals surface area contributed by atoms with Crippen molar-refractivity contribution in [1.29, 1.82) is 0 Å². The van der Waals surface area contributed by atoms with Crippen LogP contribution in [0.5, 0.6) is 5.75 Å². The number of hydrogen-bond donors (Lipinski definition) is 1. The topological polar surface area (TPSA) is 64.6 Å². The predicted molar refractivity (Wildman–Crippen MR) is 92.5 cm³/mol. The molecule has 1 N–H and O–H groups in total. The van der Waals surface area contributed by atoms with Gasteiger partial charge in [0.2, 0.25) is 0 Å². The number of nitrogens with one attached hydrogen (secondary N) is 1. The molecule has 5 nitrogen and oxygen atoms in total. The monoisotopic (exact) mass is 379 g/mol. The van der Waals surface area contributed by atoms with E-state index in [0.717, 1.165) is 30.3 Å². The Balaban J connectivity index is 1.95. The Morgan fingerprint density at radius 2 is 1.81 bits per heavy atom. The van der Waals surface area contributed by atoms with E-state index in [1.807, 2.05) is 0 Å². The molecule has 2 aromatic rings. The summed E-state index contributed by atoms with van der Waals surface area (Å²) in [5.74, 6) is -3.80. The second-order valence-electron chi connectivity index (χ2n) is 5.42. The van der Waals surface area contributed by atoms with Crippen molar-refractivity contribution >= 4 is 23.6 Å². The standard InChI is InChI=1S/C19H16F3NO4/c1-11(19(25)23-16-10-13(20)5-6-14(16)21)27-18(24)8-4-12-3-7-17(26-2)15(22)9-12/h3-11H,1-2H3,(H,23,25)/b8-4+/t11-/m0/s1. The number of carbonyl (C=O) groups excluding carboxylic acids is 2. The van der Waals surface area contributed by atoms with Gasteiger partial charge in [-0.15, -0.1) is 0 Å². The SMILES string of the molecule is COc1ccc(/C=C/C(=O)O[C@@H](C)C(=O)Nc2cc(F)ccc2F)cc1F. The van der Waals surface area contributed by atoms with Crippen LogP contribution in [0.1, 0.15) is 12.5 Å². The van der Waals surface area contributed by atoms with Gasteiger partial charge in [-0.3, -0.25) is 4.79 Å². The van der Waals surface area contributed by atoms with Crippen LogP contribution in [-0.2, 0) is 14.3 Å². The first kappa shape index (κ1) is 20.0. The molecule has 0 bridgehead atoms. The number of methoxy groups -OCH3 is 1. The molecule has 0 unspecified atom stereocenters. The molecule has 0 fully saturated rings. The summed E-state index contributed by atoms with van der Waals surface area (Å²) in [6.45, 7) is 1.27. The van der Waals surface area contributed by atoms with E-state index in [9.17, 15) is 22.8 Å². The molecule has 2 rings (SSSR count). The summed E-state index contributed by atoms with van der Waals surface area (Å²) >= 11 is 0. The minimum atomic E-state index is -1.27. The Bertz CT molecular complexity index is 883. The average Bonchev–Trinajstić information content (AvgIpc) is 2.63. The Hall–Kier alpha value is -3.29. The van der Waals surface area contributed by atoms with E-state index in [4.69, 9.17) is 9.47 Å². The molecule has 2 aromatic carbocycles. The smallest absolute Gasteiger partial charge is 0.331 e. The quantitative estimate of drug-likeness (QED) is 0.614. The Morgan fingerprint density at radius 1 is 1.07 bits per heavy atom. The summed E-state index contributed by atoms with van der Waals surface area (Å²) in [7, 11) is 1.33. The van der Waals surface area contributed by atoms with Gasteiger partial charge in [-0.2, -0.15) is 0 Å². The van der Waals surface area contributed by atoms with Crippen molar-refractivity contribution < 1.29 is 32.2 Å². The number of hydrogen-bond acceptors (Lipinski definition) is 4. The molecule has 0 aliphatic carbocycles. The zero-order valence-corrected chi connectivity index (χ0v) is 14.5. The molecule has 27 heavy (non-hydrogen) atoms. The van der Waals surface area contributed by atoms with Crippen LogP contribution in [0.25, 0.3) is 6.08 Å². The van der Waals surface area contributed by atoms with E-state index in [1.54, 1.807) is 0 Å². The van der Waals surface area contributed by atoms with E-state index < -0.39 is 35.4 Å². The highest BCUT2D eigenvalue weighted by Crippen LogP contribution is 2.18. The molecule has 1 atom stereocenters. The lowest BCUT2D eigenvalue weighted by molar-refractivity contribution is -0.148. The van der Waals surface area contributed by atoms with Gasteiger partial charge in [0, 0.05) is 12.1 Å². The van der Waals surface area contributed by atoms with E-state index in [1.165, 1.54) is 32.2 Å². The van der Waals surface area contributed by atoms with E-state index in [-0.39, 0.29) is 11.4 Å². The summed E-state index contributed by atoms with van der Waals surface area (Å²) in [5.41, 5.74) is 0.0105. The van der Waals surface area contributed by atoms with E-state index in [2.05, 4.69) is 5.32 Å². The third-order valence-corrected chi connectivity index (χ3v) is 3.44. The number of rotatable bonds is 6. The van der Waals surface area contributed by atoms with Crippen LogP contribution in [0.2, 0.25) is 0 Å². The maximum Gasteiger partial charge on any atom is 0.331 e. The van der Waals surface area contributed by atoms with Gasteiger partial charge in [-0.05, 0) is 42.8 Å². The zero-order chi connectivity index (χ0) is 20.0. The zero-order valence-electron chi connectivity index (χ0n) is 14.5. The van der Waals surface area contributed by atoms with Gasteiger partial charge in [-0.25, -0.2) is 18.0 Å². The molecule has 0 aliphatic heterocycles. The van der Waals surface area contributed by atoms with Crippen molar-refractivity contribution in [3.63, 3.8) is 0 Å². The highest BCUT2D eigenvalue weighted by molar-refractivity contribution is 5.96. The molecule has 0 spiro atoms. The van der Waals surface area contributed by atoms with E-state index in [0.29, 0.717) is 5.56 Å². The third kappa shape index (κ3) is 5.60. The van der Waals surface area contributed by atoms with Crippen LogP contribution in [0.3, 0.4) is 0 Å². The lowest BCUT2D eigenvalue weighted by atomic mass is 10.2. The van der Waals surface area contributed by atoms with Gasteiger partial charge in [0.05, 0.1) is 12.8 Å². The molecule has 0 aromatic heterocycles. The predicted octanol–water partition coefficient (Wildman–Crippen LogP) is 3.70. The summed E-state index contributed by atoms with van der Waals surface area (Å²) in [6, 6.07) is 6.64. The van der Waals surface area contributed by atoms with Gasteiger partial charge in [0.1, 0.15) is 11.6 Å². The average molecular weight is 379 g/mol. The van der Waals surface area contributed by atoms with Gasteiger partial charge < -0.3 is 14.8 Å². The highest BCUT2D eigenvalue weighted by Gasteiger charge is 2.18. The summed E-state index contributed by atoms with van der Waals surface area (Å²) < 4.78 is 49.8. The molecular weight excluding hydrogens is 363 g/mol. The summed E-state index contributed by atoms with van der Waals surface area (Å²) in [4.78, 5) is 23.7. The molecule has 0 radical (unpaired) electrons. The Morgan fingerprint density at radius 3 is 2.48 bits per heavy atom. The van der Waals surface area contributed by atoms with Gasteiger partial charge >= 0.3 is 5.97 Å². The molecule has 142 valence electrons. The van der Waals surface area contributed by atoms with E-state index >= 15 is 0 Å². The van der Waals surface area contributed by atoms with Crippen LogP contribution in [0, 0.1) is 17.5 Å². The van der Waals surface area contributed by atoms with Crippen molar-refractivity contribution in [2.45, 2.75) is 13.0 Å². The van der Waals surface area contributed by atoms with Crippen molar-refractivity contribution in [2.24, 2.45) is 0 Å². The first-order valence-electron chi connectivity index (χ1n) is 7.78. The number of carbonyl (C=O) groups is 2. The number of benzene rings is 2. The Labute approximate surface area is 153 Å². The van der Waals surface area contributed by atoms with Crippen molar-refractivity contribution in [1.82, 2.24) is 0 Å². The fourth-order valence-corrected chi connectivity index (χ4v) is 2.05. The number of anilines is 1. The molecule has 0 saturated heterocycles. The van der Waals surface area contributed by atoms with Crippen LogP contribution in [0.4, 0.5) is 18.9 Å². The van der Waals surface area contributed by atoms with Crippen molar-refractivity contribution in [2.75, 3.05) is 12.4 Å². The molecule has 8 heteroatoms. The first-order valence-corrected chi connectivity index (χ1v) is 7.78. The molecule has 0 saturated carbocycles. The second-order valence-corrected chi connectivity index (χ2v) is 5.42. The summed E-state index contributed by atoms with van der Waals surface area (Å²) in [5, 5.41) is 2.13. The molecule has 0 heterocycles. The largest absolute Gasteiger partial charge is 0.494 e. The maximum atomic E-state index is 13.6. The van der Waals surface area contributed by atoms with Gasteiger partial charge in [0.15, 0.2) is 17.7 Å². The van der Waals surface area contributed by atoms with Crippen LogP contribution >= 0.6 is 0 Å². The maximum absolute atomic E-state index is 13.6. The minimum absolute atomic E-state index is 0.0598. The minimum Gasteiger partial charge on any atom is -0.494 e. The van der Waals surface area contributed by atoms with Crippen LogP contribution in [-0.4, -0.2) is 25.1 Å². The lowest BCUT2D eigenvalue weighted by Crippen LogP contribution is -2.29.